The van der Waals surface area contributed by atoms with Gasteiger partial charge in [0.1, 0.15) is 0 Å². The third kappa shape index (κ3) is 3.80. The molecule has 0 aromatic carbocycles. The van der Waals surface area contributed by atoms with E-state index in [0.29, 0.717) is 29.6 Å². The van der Waals surface area contributed by atoms with Crippen LogP contribution in [0.25, 0.3) is 0 Å². The summed E-state index contributed by atoms with van der Waals surface area (Å²) < 4.78 is 0. The van der Waals surface area contributed by atoms with Crippen molar-refractivity contribution >= 4 is 5.71 Å². The van der Waals surface area contributed by atoms with Gasteiger partial charge >= 0.3 is 0 Å². The Kier molecular flexibility index (Phi) is 6.37. The van der Waals surface area contributed by atoms with Gasteiger partial charge in [-0.3, -0.25) is 0 Å². The van der Waals surface area contributed by atoms with E-state index in [1.165, 1.54) is 44.9 Å². The molecular formula is C27H45NO3. The number of fused-ring (bicyclic) bond motifs is 5. The topological polar surface area (TPSA) is 73.1 Å². The Morgan fingerprint density at radius 1 is 1.06 bits per heavy atom. The van der Waals surface area contributed by atoms with Crippen LogP contribution in [0.2, 0.25) is 0 Å². The maximum Gasteiger partial charge on any atom is 0.0986 e. The molecule has 0 bridgehead atoms. The van der Waals surface area contributed by atoms with Gasteiger partial charge in [0.05, 0.1) is 17.9 Å². The highest BCUT2D eigenvalue weighted by atomic mass is 16.4. The van der Waals surface area contributed by atoms with E-state index in [1.54, 1.807) is 6.08 Å². The minimum absolute atomic E-state index is 0.203. The van der Waals surface area contributed by atoms with Crippen molar-refractivity contribution in [3.8, 4) is 0 Å². The van der Waals surface area contributed by atoms with Crippen LogP contribution in [-0.2, 0) is 0 Å². The summed E-state index contributed by atoms with van der Waals surface area (Å²) in [7, 11) is 0. The van der Waals surface area contributed by atoms with E-state index < -0.39 is 12.2 Å². The molecule has 0 radical (unpaired) electrons. The van der Waals surface area contributed by atoms with Crippen LogP contribution in [0.3, 0.4) is 0 Å². The zero-order chi connectivity index (χ0) is 22.6. The number of rotatable bonds is 5. The first-order chi connectivity index (χ1) is 14.6. The van der Waals surface area contributed by atoms with Crippen LogP contribution in [0, 0.1) is 46.3 Å². The molecule has 0 saturated heterocycles. The quantitative estimate of drug-likeness (QED) is 0.380. The predicted molar refractivity (Wildman–Crippen MR) is 125 cm³/mol. The molecule has 0 aromatic heterocycles. The van der Waals surface area contributed by atoms with Crippen molar-refractivity contribution in [3.05, 3.63) is 11.6 Å². The fraction of sp³-hybridized carbons (Fsp3) is 0.889. The van der Waals surface area contributed by atoms with Gasteiger partial charge in [0.25, 0.3) is 0 Å². The monoisotopic (exact) mass is 431 g/mol. The molecule has 0 amide bonds. The van der Waals surface area contributed by atoms with Crippen molar-refractivity contribution in [2.24, 2.45) is 51.5 Å². The number of aliphatic hydroxyl groups excluding tert-OH is 2. The van der Waals surface area contributed by atoms with Gasteiger partial charge in [-0.25, -0.2) is 0 Å². The van der Waals surface area contributed by atoms with E-state index in [2.05, 4.69) is 39.8 Å². The van der Waals surface area contributed by atoms with Gasteiger partial charge in [0, 0.05) is 0 Å². The molecule has 0 spiro atoms. The molecule has 3 fully saturated rings. The highest BCUT2D eigenvalue weighted by Crippen LogP contribution is 2.67. The maximum atomic E-state index is 10.5. The van der Waals surface area contributed by atoms with Crippen molar-refractivity contribution in [3.63, 3.8) is 0 Å². The Morgan fingerprint density at radius 3 is 2.48 bits per heavy atom. The summed E-state index contributed by atoms with van der Waals surface area (Å²) in [6, 6.07) is 0. The summed E-state index contributed by atoms with van der Waals surface area (Å²) in [5.74, 6) is 4.05. The third-order valence-corrected chi connectivity index (χ3v) is 10.3. The SMILES string of the molecule is CC(C)CCC[C@@H](C)[C@H]1CC[C@H]2[C@@H]3C/C(=N\O)C4=C[C@H](O)[C@H](O)C[C@]4(C)[C@H]3CC[C@]12C. The number of hydrogen-bond acceptors (Lipinski definition) is 4. The Balaban J connectivity index is 1.58. The fourth-order valence-corrected chi connectivity index (χ4v) is 8.73. The molecule has 3 N–H and O–H groups in total. The number of aliphatic hydroxyl groups is 2. The molecule has 0 unspecified atom stereocenters. The van der Waals surface area contributed by atoms with Crippen LogP contribution < -0.4 is 0 Å². The van der Waals surface area contributed by atoms with Gasteiger partial charge in [-0.05, 0) is 96.5 Å². The van der Waals surface area contributed by atoms with Crippen LogP contribution in [0.4, 0.5) is 0 Å². The molecule has 4 heteroatoms. The Morgan fingerprint density at radius 2 is 1.81 bits per heavy atom. The van der Waals surface area contributed by atoms with Crippen LogP contribution in [0.5, 0.6) is 0 Å². The van der Waals surface area contributed by atoms with Crippen LogP contribution in [0.1, 0.15) is 92.4 Å². The second-order valence-corrected chi connectivity index (χ2v) is 12.4. The summed E-state index contributed by atoms with van der Waals surface area (Å²) in [6.07, 6.45) is 10.7. The smallest absolute Gasteiger partial charge is 0.0986 e. The van der Waals surface area contributed by atoms with Gasteiger partial charge in [-0.15, -0.1) is 0 Å². The lowest BCUT2D eigenvalue weighted by molar-refractivity contribution is -0.0688. The number of nitrogens with zero attached hydrogens (tertiary/aromatic N) is 1. The summed E-state index contributed by atoms with van der Waals surface area (Å²) in [6.45, 7) is 12.0. The number of hydrogen-bond donors (Lipinski definition) is 3. The van der Waals surface area contributed by atoms with Crippen molar-refractivity contribution in [2.75, 3.05) is 0 Å². The number of oxime groups is 1. The van der Waals surface area contributed by atoms with Crippen molar-refractivity contribution in [1.82, 2.24) is 0 Å². The molecule has 4 aliphatic carbocycles. The molecule has 9 atom stereocenters. The van der Waals surface area contributed by atoms with E-state index in [-0.39, 0.29) is 5.41 Å². The van der Waals surface area contributed by atoms with Gasteiger partial charge in [-0.2, -0.15) is 0 Å². The van der Waals surface area contributed by atoms with E-state index >= 15 is 0 Å². The third-order valence-electron chi connectivity index (χ3n) is 10.3. The fourth-order valence-electron chi connectivity index (χ4n) is 8.73. The Bertz CT molecular complexity index is 730. The van der Waals surface area contributed by atoms with Crippen LogP contribution >= 0.6 is 0 Å². The maximum absolute atomic E-state index is 10.5. The Labute approximate surface area is 189 Å². The van der Waals surface area contributed by atoms with Gasteiger partial charge < -0.3 is 15.4 Å². The lowest BCUT2D eigenvalue weighted by Gasteiger charge is -2.59. The lowest BCUT2D eigenvalue weighted by atomic mass is 9.46. The minimum Gasteiger partial charge on any atom is -0.411 e. The molecule has 4 rings (SSSR count). The molecule has 4 nitrogen and oxygen atoms in total. The average molecular weight is 432 g/mol. The van der Waals surface area contributed by atoms with Gasteiger partial charge in [0.15, 0.2) is 0 Å². The standard InChI is InChI=1S/C27H45NO3/c1-16(2)7-6-8-17(3)19-9-10-20-18-13-23(28-31)22-14-24(29)25(30)15-27(22,5)21(18)11-12-26(19,20)4/h14,16-21,24-25,29-31H,6-13,15H2,1-5H3/b28-23+/t17-,18+,19-,20+,21+,24+,25-,26-,27-/m1/s1. The van der Waals surface area contributed by atoms with Crippen molar-refractivity contribution < 1.29 is 15.4 Å². The second-order valence-electron chi connectivity index (χ2n) is 12.4. The largest absolute Gasteiger partial charge is 0.411 e. The summed E-state index contributed by atoms with van der Waals surface area (Å²) in [5.41, 5.74) is 1.93. The first-order valence-corrected chi connectivity index (χ1v) is 12.9. The lowest BCUT2D eigenvalue weighted by Crippen LogP contribution is -2.55. The number of allylic oxidation sites excluding steroid dienone is 1. The Hall–Kier alpha value is -0.870. The van der Waals surface area contributed by atoms with Crippen molar-refractivity contribution in [1.29, 1.82) is 0 Å². The highest BCUT2D eigenvalue weighted by molar-refractivity contribution is 6.02. The predicted octanol–water partition coefficient (Wildman–Crippen LogP) is 5.80. The summed E-state index contributed by atoms with van der Waals surface area (Å²) >= 11 is 0. The minimum atomic E-state index is -0.854. The van der Waals surface area contributed by atoms with E-state index in [0.717, 1.165) is 35.5 Å². The van der Waals surface area contributed by atoms with E-state index in [4.69, 9.17) is 0 Å². The van der Waals surface area contributed by atoms with Crippen LogP contribution in [-0.4, -0.2) is 33.3 Å². The highest BCUT2D eigenvalue weighted by Gasteiger charge is 2.61. The molecular weight excluding hydrogens is 386 g/mol. The van der Waals surface area contributed by atoms with Gasteiger partial charge in [-0.1, -0.05) is 59.0 Å². The van der Waals surface area contributed by atoms with Gasteiger partial charge in [0.2, 0.25) is 0 Å². The molecule has 0 aromatic rings. The normalized spacial score (nSPS) is 47.0. The molecule has 4 aliphatic rings. The molecule has 31 heavy (non-hydrogen) atoms. The average Bonchev–Trinajstić information content (AvgIpc) is 3.06. The summed E-state index contributed by atoms with van der Waals surface area (Å²) in [4.78, 5) is 0. The molecule has 3 saturated carbocycles. The summed E-state index contributed by atoms with van der Waals surface area (Å²) in [5, 5.41) is 34.4. The zero-order valence-corrected chi connectivity index (χ0v) is 20.3. The molecule has 0 heterocycles. The van der Waals surface area contributed by atoms with E-state index in [1.807, 2.05) is 0 Å². The van der Waals surface area contributed by atoms with Crippen molar-refractivity contribution in [2.45, 2.75) is 105 Å². The zero-order valence-electron chi connectivity index (χ0n) is 20.3. The first-order valence-electron chi connectivity index (χ1n) is 12.9. The van der Waals surface area contributed by atoms with Crippen LogP contribution in [0.15, 0.2) is 16.8 Å². The first kappa shape index (κ1) is 23.3. The van der Waals surface area contributed by atoms with E-state index in [9.17, 15) is 15.4 Å². The molecule has 0 aliphatic heterocycles. The second kappa shape index (κ2) is 8.48. The molecule has 176 valence electrons.